The summed E-state index contributed by atoms with van der Waals surface area (Å²) in [5, 5.41) is 13.0. The van der Waals surface area contributed by atoms with Gasteiger partial charge in [0.15, 0.2) is 4.34 Å². The fourth-order valence-corrected chi connectivity index (χ4v) is 7.63. The van der Waals surface area contributed by atoms with Crippen molar-refractivity contribution in [2.45, 2.75) is 54.5 Å². The summed E-state index contributed by atoms with van der Waals surface area (Å²) in [4.78, 5) is 4.75. The van der Waals surface area contributed by atoms with Crippen LogP contribution in [0.25, 0.3) is 16.8 Å². The minimum absolute atomic E-state index is 0.0666. The summed E-state index contributed by atoms with van der Waals surface area (Å²) < 4.78 is 40.4. The third kappa shape index (κ3) is 6.09. The van der Waals surface area contributed by atoms with E-state index in [-0.39, 0.29) is 6.54 Å². The second-order valence-electron chi connectivity index (χ2n) is 9.92. The zero-order chi connectivity index (χ0) is 26.6. The molecule has 1 unspecified atom stereocenters. The smallest absolute Gasteiger partial charge is 0.314 e. The molecule has 200 valence electrons. The Bertz CT molecular complexity index is 1300. The van der Waals surface area contributed by atoms with Gasteiger partial charge >= 0.3 is 6.18 Å². The zero-order valence-corrected chi connectivity index (χ0v) is 22.7. The van der Waals surface area contributed by atoms with Crippen LogP contribution in [-0.4, -0.2) is 40.3 Å². The van der Waals surface area contributed by atoms with Gasteiger partial charge in [0.2, 0.25) is 0 Å². The number of alkyl halides is 3. The van der Waals surface area contributed by atoms with Gasteiger partial charge in [-0.1, -0.05) is 91.4 Å². The SMILES string of the molecule is ON(CC(F)(F)F)CC1(CCCCCSc2nc(-c3ccccc3)cs2)C2=C(CCC=C2)c2ccccc21. The molecule has 38 heavy (non-hydrogen) atoms. The zero-order valence-electron chi connectivity index (χ0n) is 21.1. The van der Waals surface area contributed by atoms with E-state index in [1.807, 2.05) is 36.4 Å². The molecular formula is C30H31F3N2OS2. The van der Waals surface area contributed by atoms with Gasteiger partial charge in [-0.2, -0.15) is 18.2 Å². The third-order valence-electron chi connectivity index (χ3n) is 7.29. The van der Waals surface area contributed by atoms with E-state index in [2.05, 4.69) is 35.7 Å². The molecular weight excluding hydrogens is 525 g/mol. The molecule has 0 amide bonds. The Morgan fingerprint density at radius 3 is 2.63 bits per heavy atom. The molecule has 0 spiro atoms. The number of thioether (sulfide) groups is 1. The lowest BCUT2D eigenvalue weighted by Gasteiger charge is -2.37. The monoisotopic (exact) mass is 556 g/mol. The van der Waals surface area contributed by atoms with Gasteiger partial charge in [-0.25, -0.2) is 4.98 Å². The average molecular weight is 557 g/mol. The number of aromatic nitrogens is 1. The number of hydroxylamine groups is 2. The highest BCUT2D eigenvalue weighted by Crippen LogP contribution is 2.53. The van der Waals surface area contributed by atoms with Crippen LogP contribution in [0.3, 0.4) is 0 Å². The van der Waals surface area contributed by atoms with Crippen molar-refractivity contribution in [1.29, 1.82) is 0 Å². The lowest BCUT2D eigenvalue weighted by atomic mass is 9.72. The minimum atomic E-state index is -4.46. The highest BCUT2D eigenvalue weighted by molar-refractivity contribution is 8.01. The van der Waals surface area contributed by atoms with Crippen LogP contribution in [-0.2, 0) is 5.41 Å². The van der Waals surface area contributed by atoms with Gasteiger partial charge in [-0.05, 0) is 48.0 Å². The molecule has 0 saturated carbocycles. The highest BCUT2D eigenvalue weighted by atomic mass is 32.2. The molecule has 1 N–H and O–H groups in total. The summed E-state index contributed by atoms with van der Waals surface area (Å²) in [7, 11) is 0. The molecule has 1 atom stereocenters. The van der Waals surface area contributed by atoms with Crippen molar-refractivity contribution in [1.82, 2.24) is 10.0 Å². The molecule has 0 aliphatic heterocycles. The van der Waals surface area contributed by atoms with Crippen molar-refractivity contribution < 1.29 is 18.4 Å². The van der Waals surface area contributed by atoms with Crippen molar-refractivity contribution in [2.24, 2.45) is 0 Å². The number of hydrogen-bond acceptors (Lipinski definition) is 5. The predicted molar refractivity (Wildman–Crippen MR) is 150 cm³/mol. The Morgan fingerprint density at radius 2 is 1.82 bits per heavy atom. The van der Waals surface area contributed by atoms with Gasteiger partial charge in [-0.15, -0.1) is 11.3 Å². The molecule has 3 aromatic rings. The number of rotatable bonds is 11. The van der Waals surface area contributed by atoms with E-state index in [1.54, 1.807) is 23.1 Å². The first kappa shape index (κ1) is 27.2. The summed E-state index contributed by atoms with van der Waals surface area (Å²) >= 11 is 3.41. The minimum Gasteiger partial charge on any atom is -0.314 e. The van der Waals surface area contributed by atoms with E-state index >= 15 is 0 Å². The van der Waals surface area contributed by atoms with Crippen molar-refractivity contribution in [3.8, 4) is 11.3 Å². The lowest BCUT2D eigenvalue weighted by molar-refractivity contribution is -0.212. The van der Waals surface area contributed by atoms with Crippen LogP contribution in [0.4, 0.5) is 13.2 Å². The van der Waals surface area contributed by atoms with E-state index < -0.39 is 18.1 Å². The predicted octanol–water partition coefficient (Wildman–Crippen LogP) is 8.77. The number of fused-ring (bicyclic) bond motifs is 2. The van der Waals surface area contributed by atoms with Gasteiger partial charge in [-0.3, -0.25) is 0 Å². The summed E-state index contributed by atoms with van der Waals surface area (Å²) in [5.74, 6) is 0.944. The van der Waals surface area contributed by atoms with Crippen LogP contribution in [0.1, 0.15) is 49.7 Å². The Labute approximate surface area is 230 Å². The number of thiazole rings is 1. The Kier molecular flexibility index (Phi) is 8.43. The summed E-state index contributed by atoms with van der Waals surface area (Å²) in [6.45, 7) is -1.40. The Hall–Kier alpha value is -2.39. The van der Waals surface area contributed by atoms with Crippen molar-refractivity contribution in [2.75, 3.05) is 18.8 Å². The number of hydrogen-bond donors (Lipinski definition) is 1. The maximum atomic E-state index is 13.1. The standard InChI is InChI=1S/C30H31F3N2OS2/c31-30(32,33)21-35(36)20-29(25-15-7-5-13-23(25)24-14-6-8-16-26(24)29)17-9-2-10-18-37-28-34-27(19-38-28)22-11-3-1-4-12-22/h1,3-5,7-8,11-13,15-16,19,36H,2,6,9-10,14,17-18,20-21H2. The molecule has 0 saturated heterocycles. The Morgan fingerprint density at radius 1 is 1.03 bits per heavy atom. The second-order valence-corrected chi connectivity index (χ2v) is 12.1. The fourth-order valence-electron chi connectivity index (χ4n) is 5.72. The molecule has 2 aliphatic carbocycles. The van der Waals surface area contributed by atoms with Crippen LogP contribution in [0.5, 0.6) is 0 Å². The van der Waals surface area contributed by atoms with E-state index in [0.29, 0.717) is 11.5 Å². The van der Waals surface area contributed by atoms with Crippen LogP contribution < -0.4 is 0 Å². The maximum absolute atomic E-state index is 13.1. The molecule has 2 aromatic carbocycles. The first-order chi connectivity index (χ1) is 18.4. The number of benzene rings is 2. The molecule has 2 aliphatic rings. The molecule has 5 rings (SSSR count). The van der Waals surface area contributed by atoms with Crippen LogP contribution in [0, 0.1) is 0 Å². The maximum Gasteiger partial charge on any atom is 0.403 e. The quantitative estimate of drug-likeness (QED) is 0.145. The van der Waals surface area contributed by atoms with Crippen molar-refractivity contribution in [3.05, 3.63) is 88.8 Å². The molecule has 8 heteroatoms. The van der Waals surface area contributed by atoms with Crippen LogP contribution in [0.15, 0.2) is 82.0 Å². The number of halogens is 3. The summed E-state index contributed by atoms with van der Waals surface area (Å²) in [6.07, 6.45) is 5.07. The van der Waals surface area contributed by atoms with E-state index in [4.69, 9.17) is 4.98 Å². The van der Waals surface area contributed by atoms with Crippen molar-refractivity contribution in [3.63, 3.8) is 0 Å². The molecule has 1 aromatic heterocycles. The van der Waals surface area contributed by atoms with Gasteiger partial charge in [0.25, 0.3) is 0 Å². The topological polar surface area (TPSA) is 36.4 Å². The molecule has 1 heterocycles. The molecule has 0 bridgehead atoms. The van der Waals surface area contributed by atoms with Crippen LogP contribution >= 0.6 is 23.1 Å². The largest absolute Gasteiger partial charge is 0.403 e. The van der Waals surface area contributed by atoms with Gasteiger partial charge < -0.3 is 5.21 Å². The number of nitrogens with zero attached hydrogens (tertiary/aromatic N) is 2. The average Bonchev–Trinajstić information content (AvgIpc) is 3.48. The Balaban J connectivity index is 1.24. The second kappa shape index (κ2) is 11.8. The number of unbranched alkanes of at least 4 members (excludes halogenated alkanes) is 2. The van der Waals surface area contributed by atoms with E-state index in [0.717, 1.165) is 70.2 Å². The lowest BCUT2D eigenvalue weighted by Crippen LogP contribution is -2.43. The van der Waals surface area contributed by atoms with E-state index in [1.165, 1.54) is 5.57 Å². The van der Waals surface area contributed by atoms with E-state index in [9.17, 15) is 18.4 Å². The summed E-state index contributed by atoms with van der Waals surface area (Å²) in [5.41, 5.74) is 5.94. The molecule has 0 fully saturated rings. The number of allylic oxidation sites excluding steroid dienone is 3. The third-order valence-corrected chi connectivity index (χ3v) is 9.40. The molecule has 3 nitrogen and oxygen atoms in total. The van der Waals surface area contributed by atoms with Gasteiger partial charge in [0.05, 0.1) is 5.69 Å². The first-order valence-corrected chi connectivity index (χ1v) is 14.9. The fraction of sp³-hybridized carbons (Fsp3) is 0.367. The highest BCUT2D eigenvalue weighted by Gasteiger charge is 2.46. The normalized spacial score (nSPS) is 18.8. The van der Waals surface area contributed by atoms with Gasteiger partial charge in [0.1, 0.15) is 6.54 Å². The molecule has 0 radical (unpaired) electrons. The summed E-state index contributed by atoms with van der Waals surface area (Å²) in [6, 6.07) is 18.2. The van der Waals surface area contributed by atoms with Crippen LogP contribution in [0.2, 0.25) is 0 Å². The van der Waals surface area contributed by atoms with Crippen molar-refractivity contribution >= 4 is 28.7 Å². The van der Waals surface area contributed by atoms with Gasteiger partial charge in [0, 0.05) is 28.7 Å². The first-order valence-electron chi connectivity index (χ1n) is 13.0.